The van der Waals surface area contributed by atoms with Crippen LogP contribution in [0.3, 0.4) is 0 Å². The highest BCUT2D eigenvalue weighted by atomic mass is 79.9. The maximum atomic E-state index is 12.1. The van der Waals surface area contributed by atoms with Gasteiger partial charge in [0.25, 0.3) is 0 Å². The number of ether oxygens (including phenoxy) is 1. The second kappa shape index (κ2) is 7.22. The number of tetrazole rings is 1. The summed E-state index contributed by atoms with van der Waals surface area (Å²) in [6, 6.07) is 14.6. The molecular weight excluding hydrogens is 374 g/mol. The van der Waals surface area contributed by atoms with Gasteiger partial charge in [0, 0.05) is 15.7 Å². The molecule has 0 aliphatic carbocycles. The first-order valence-electron chi connectivity index (χ1n) is 7.12. The van der Waals surface area contributed by atoms with Gasteiger partial charge in [-0.05, 0) is 41.6 Å². The van der Waals surface area contributed by atoms with Crippen LogP contribution in [-0.4, -0.2) is 33.2 Å². The Kier molecular flexibility index (Phi) is 4.85. The number of hydrogen-bond donors (Lipinski definition) is 1. The van der Waals surface area contributed by atoms with Crippen molar-refractivity contribution in [3.05, 3.63) is 53.0 Å². The van der Waals surface area contributed by atoms with E-state index in [0.717, 1.165) is 15.8 Å². The minimum atomic E-state index is -0.240. The molecule has 0 saturated heterocycles. The van der Waals surface area contributed by atoms with Crippen LogP contribution >= 0.6 is 15.9 Å². The van der Waals surface area contributed by atoms with E-state index in [2.05, 4.69) is 36.7 Å². The zero-order valence-electron chi connectivity index (χ0n) is 12.8. The van der Waals surface area contributed by atoms with Crippen molar-refractivity contribution in [3.63, 3.8) is 0 Å². The Bertz CT molecular complexity index is 848. The van der Waals surface area contributed by atoms with Crippen molar-refractivity contribution >= 4 is 27.5 Å². The quantitative estimate of drug-likeness (QED) is 0.727. The molecule has 1 aromatic heterocycles. The predicted molar refractivity (Wildman–Crippen MR) is 92.6 cm³/mol. The minimum absolute atomic E-state index is 0.0243. The Morgan fingerprint density at radius 1 is 1.21 bits per heavy atom. The molecule has 3 aromatic rings. The molecule has 0 fully saturated rings. The number of halogens is 1. The number of anilines is 1. The second-order valence-electron chi connectivity index (χ2n) is 4.90. The molecule has 0 saturated carbocycles. The lowest BCUT2D eigenvalue weighted by Gasteiger charge is -2.05. The third-order valence-corrected chi connectivity index (χ3v) is 3.92. The van der Waals surface area contributed by atoms with Crippen LogP contribution < -0.4 is 10.1 Å². The van der Waals surface area contributed by atoms with Crippen LogP contribution in [0.5, 0.6) is 5.75 Å². The SMILES string of the molecule is COc1ccc(NC(=O)Cn2nnc(-c3ccccc3Br)n2)cc1. The number of amides is 1. The lowest BCUT2D eigenvalue weighted by Crippen LogP contribution is -2.20. The van der Waals surface area contributed by atoms with Crippen LogP contribution in [0.15, 0.2) is 53.0 Å². The summed E-state index contributed by atoms with van der Waals surface area (Å²) in [5.41, 5.74) is 1.49. The van der Waals surface area contributed by atoms with Gasteiger partial charge in [0.05, 0.1) is 7.11 Å². The van der Waals surface area contributed by atoms with Gasteiger partial charge in [-0.25, -0.2) is 0 Å². The van der Waals surface area contributed by atoms with E-state index in [-0.39, 0.29) is 12.5 Å². The van der Waals surface area contributed by atoms with Gasteiger partial charge in [0.1, 0.15) is 12.3 Å². The standard InChI is InChI=1S/C16H14BrN5O2/c1-24-12-8-6-11(7-9-12)18-15(23)10-22-20-16(19-21-22)13-4-2-3-5-14(13)17/h2-9H,10H2,1H3,(H,18,23). The van der Waals surface area contributed by atoms with E-state index < -0.39 is 0 Å². The van der Waals surface area contributed by atoms with Crippen LogP contribution in [-0.2, 0) is 11.3 Å². The van der Waals surface area contributed by atoms with E-state index in [1.54, 1.807) is 31.4 Å². The summed E-state index contributed by atoms with van der Waals surface area (Å²) in [4.78, 5) is 13.3. The van der Waals surface area contributed by atoms with Crippen molar-refractivity contribution in [1.29, 1.82) is 0 Å². The highest BCUT2D eigenvalue weighted by molar-refractivity contribution is 9.10. The number of rotatable bonds is 5. The molecule has 0 radical (unpaired) electrons. The number of carbonyl (C=O) groups excluding carboxylic acids is 1. The van der Waals surface area contributed by atoms with E-state index in [0.29, 0.717) is 11.5 Å². The zero-order chi connectivity index (χ0) is 16.9. The summed E-state index contributed by atoms with van der Waals surface area (Å²) in [5.74, 6) is 0.944. The molecule has 0 spiro atoms. The van der Waals surface area contributed by atoms with E-state index >= 15 is 0 Å². The molecule has 8 heteroatoms. The lowest BCUT2D eigenvalue weighted by molar-refractivity contribution is -0.117. The molecule has 0 unspecified atom stereocenters. The Morgan fingerprint density at radius 2 is 1.96 bits per heavy atom. The molecule has 0 bridgehead atoms. The van der Waals surface area contributed by atoms with Crippen LogP contribution in [0, 0.1) is 0 Å². The predicted octanol–water partition coefficient (Wildman–Crippen LogP) is 2.75. The molecule has 0 atom stereocenters. The highest BCUT2D eigenvalue weighted by Gasteiger charge is 2.11. The summed E-state index contributed by atoms with van der Waals surface area (Å²) in [7, 11) is 1.59. The average molecular weight is 388 g/mol. The largest absolute Gasteiger partial charge is 0.497 e. The van der Waals surface area contributed by atoms with Gasteiger partial charge in [-0.15, -0.1) is 10.2 Å². The number of nitrogens with zero attached hydrogens (tertiary/aromatic N) is 4. The third kappa shape index (κ3) is 3.77. The molecule has 7 nitrogen and oxygen atoms in total. The van der Waals surface area contributed by atoms with E-state index in [9.17, 15) is 4.79 Å². The van der Waals surface area contributed by atoms with Crippen molar-refractivity contribution in [2.45, 2.75) is 6.54 Å². The van der Waals surface area contributed by atoms with Crippen molar-refractivity contribution in [1.82, 2.24) is 20.2 Å². The van der Waals surface area contributed by atoms with Gasteiger partial charge in [0.15, 0.2) is 0 Å². The average Bonchev–Trinajstić information content (AvgIpc) is 3.04. The summed E-state index contributed by atoms with van der Waals surface area (Å²) in [6.07, 6.45) is 0. The van der Waals surface area contributed by atoms with Crippen LogP contribution in [0.2, 0.25) is 0 Å². The third-order valence-electron chi connectivity index (χ3n) is 3.23. The molecule has 24 heavy (non-hydrogen) atoms. The summed E-state index contributed by atoms with van der Waals surface area (Å²) in [5, 5.41) is 14.9. The zero-order valence-corrected chi connectivity index (χ0v) is 14.4. The fourth-order valence-electron chi connectivity index (χ4n) is 2.06. The molecule has 122 valence electrons. The maximum absolute atomic E-state index is 12.1. The number of methoxy groups -OCH3 is 1. The van der Waals surface area contributed by atoms with E-state index in [1.807, 2.05) is 24.3 Å². The molecule has 0 aliphatic rings. The molecule has 2 aromatic carbocycles. The second-order valence-corrected chi connectivity index (χ2v) is 5.75. The Balaban J connectivity index is 1.66. The van der Waals surface area contributed by atoms with Crippen LogP contribution in [0.25, 0.3) is 11.4 Å². The van der Waals surface area contributed by atoms with Gasteiger partial charge in [-0.2, -0.15) is 4.80 Å². The van der Waals surface area contributed by atoms with E-state index in [4.69, 9.17) is 4.74 Å². The Morgan fingerprint density at radius 3 is 2.67 bits per heavy atom. The first-order chi connectivity index (χ1) is 11.7. The molecule has 3 rings (SSSR count). The molecule has 1 amide bonds. The summed E-state index contributed by atoms with van der Waals surface area (Å²) >= 11 is 3.44. The van der Waals surface area contributed by atoms with Crippen molar-refractivity contribution in [2.24, 2.45) is 0 Å². The van der Waals surface area contributed by atoms with Crippen molar-refractivity contribution in [2.75, 3.05) is 12.4 Å². The van der Waals surface area contributed by atoms with Crippen LogP contribution in [0.4, 0.5) is 5.69 Å². The van der Waals surface area contributed by atoms with Crippen molar-refractivity contribution < 1.29 is 9.53 Å². The van der Waals surface area contributed by atoms with Gasteiger partial charge in [0.2, 0.25) is 11.7 Å². The molecule has 1 N–H and O–H groups in total. The minimum Gasteiger partial charge on any atom is -0.497 e. The van der Waals surface area contributed by atoms with Crippen molar-refractivity contribution in [3.8, 4) is 17.1 Å². The number of aromatic nitrogens is 4. The first kappa shape index (κ1) is 16.1. The van der Waals surface area contributed by atoms with Gasteiger partial charge in [-0.1, -0.05) is 28.1 Å². The lowest BCUT2D eigenvalue weighted by atomic mass is 10.2. The normalized spacial score (nSPS) is 10.4. The first-order valence-corrected chi connectivity index (χ1v) is 7.91. The summed E-state index contributed by atoms with van der Waals surface area (Å²) in [6.45, 7) is -0.0243. The van der Waals surface area contributed by atoms with E-state index in [1.165, 1.54) is 4.80 Å². The Hall–Kier alpha value is -2.74. The van der Waals surface area contributed by atoms with Gasteiger partial charge < -0.3 is 10.1 Å². The van der Waals surface area contributed by atoms with Gasteiger partial charge in [-0.3, -0.25) is 4.79 Å². The van der Waals surface area contributed by atoms with Gasteiger partial charge >= 0.3 is 0 Å². The Labute approximate surface area is 146 Å². The summed E-state index contributed by atoms with van der Waals surface area (Å²) < 4.78 is 5.94. The number of nitrogens with one attached hydrogen (secondary N) is 1. The molecule has 0 aliphatic heterocycles. The van der Waals surface area contributed by atoms with Crippen LogP contribution in [0.1, 0.15) is 0 Å². The maximum Gasteiger partial charge on any atom is 0.248 e. The molecule has 1 heterocycles. The fourth-order valence-corrected chi connectivity index (χ4v) is 2.53. The molecular formula is C16H14BrN5O2. The number of hydrogen-bond acceptors (Lipinski definition) is 5. The topological polar surface area (TPSA) is 81.9 Å². The fraction of sp³-hybridized carbons (Fsp3) is 0.125. The smallest absolute Gasteiger partial charge is 0.248 e. The highest BCUT2D eigenvalue weighted by Crippen LogP contribution is 2.24. The monoisotopic (exact) mass is 387 g/mol. The number of carbonyl (C=O) groups is 1. The number of benzene rings is 2.